The molecule has 4 rings (SSSR count). The molecular weight excluding hydrogens is 356 g/mol. The van der Waals surface area contributed by atoms with Gasteiger partial charge in [-0.3, -0.25) is 14.4 Å². The van der Waals surface area contributed by atoms with Gasteiger partial charge in [0.15, 0.2) is 0 Å². The summed E-state index contributed by atoms with van der Waals surface area (Å²) < 4.78 is 11.2. The summed E-state index contributed by atoms with van der Waals surface area (Å²) in [6.07, 6.45) is 7.21. The van der Waals surface area contributed by atoms with Crippen LogP contribution in [0.5, 0.6) is 0 Å². The Kier molecular flexibility index (Phi) is 4.86. The van der Waals surface area contributed by atoms with Crippen molar-refractivity contribution in [2.75, 3.05) is 0 Å². The zero-order valence-electron chi connectivity index (χ0n) is 17.7. The summed E-state index contributed by atoms with van der Waals surface area (Å²) in [5, 5.41) is 0. The van der Waals surface area contributed by atoms with Crippen LogP contribution >= 0.6 is 0 Å². The van der Waals surface area contributed by atoms with Gasteiger partial charge in [0.25, 0.3) is 0 Å². The van der Waals surface area contributed by atoms with Gasteiger partial charge in [0.05, 0.1) is 0 Å². The van der Waals surface area contributed by atoms with Gasteiger partial charge in [-0.05, 0) is 68.1 Å². The lowest BCUT2D eigenvalue weighted by Gasteiger charge is -2.59. The van der Waals surface area contributed by atoms with Crippen LogP contribution in [-0.2, 0) is 23.9 Å². The second-order valence-corrected chi connectivity index (χ2v) is 10.3. The quantitative estimate of drug-likeness (QED) is 0.665. The molecule has 0 amide bonds. The number of esters is 2. The Labute approximate surface area is 167 Å². The molecule has 0 aliphatic heterocycles. The lowest BCUT2D eigenvalue weighted by molar-refractivity contribution is -0.173. The number of rotatable bonds is 2. The van der Waals surface area contributed by atoms with E-state index in [0.717, 1.165) is 44.9 Å². The molecule has 0 aromatic rings. The van der Waals surface area contributed by atoms with Crippen LogP contribution in [0.25, 0.3) is 0 Å². The minimum atomic E-state index is -0.218. The molecule has 0 spiro atoms. The number of carbonyl (C=O) groups excluding carboxylic acids is 3. The van der Waals surface area contributed by atoms with Crippen molar-refractivity contribution in [2.45, 2.75) is 91.3 Å². The van der Waals surface area contributed by atoms with E-state index < -0.39 is 0 Å². The molecule has 5 nitrogen and oxygen atoms in total. The number of hydrogen-bond acceptors (Lipinski definition) is 5. The van der Waals surface area contributed by atoms with E-state index in [-0.39, 0.29) is 40.9 Å². The van der Waals surface area contributed by atoms with Crippen LogP contribution in [-0.4, -0.2) is 29.9 Å². The van der Waals surface area contributed by atoms with Crippen molar-refractivity contribution in [3.8, 4) is 0 Å². The fraction of sp³-hybridized carbons (Fsp3) is 0.870. The molecule has 156 valence electrons. The largest absolute Gasteiger partial charge is 0.463 e. The zero-order chi connectivity index (χ0) is 20.3. The maximum atomic E-state index is 13.4. The van der Waals surface area contributed by atoms with Crippen LogP contribution in [0.2, 0.25) is 0 Å². The van der Waals surface area contributed by atoms with Crippen molar-refractivity contribution in [3.63, 3.8) is 0 Å². The maximum absolute atomic E-state index is 13.4. The van der Waals surface area contributed by atoms with Crippen LogP contribution in [0.3, 0.4) is 0 Å². The smallest absolute Gasteiger partial charge is 0.302 e. The molecule has 4 aliphatic carbocycles. The fourth-order valence-corrected chi connectivity index (χ4v) is 7.58. The Bertz CT molecular complexity index is 686. The van der Waals surface area contributed by atoms with Gasteiger partial charge in [-0.25, -0.2) is 0 Å². The zero-order valence-corrected chi connectivity index (χ0v) is 17.7. The summed E-state index contributed by atoms with van der Waals surface area (Å²) in [5.74, 6) is 1.12. The molecule has 28 heavy (non-hydrogen) atoms. The van der Waals surface area contributed by atoms with Gasteiger partial charge in [0.1, 0.15) is 18.0 Å². The van der Waals surface area contributed by atoms with Crippen LogP contribution in [0, 0.1) is 34.5 Å². The van der Waals surface area contributed by atoms with Gasteiger partial charge in [-0.15, -0.1) is 0 Å². The van der Waals surface area contributed by atoms with E-state index in [2.05, 4.69) is 13.8 Å². The Morgan fingerprint density at radius 3 is 2.21 bits per heavy atom. The summed E-state index contributed by atoms with van der Waals surface area (Å²) in [4.78, 5) is 36.3. The van der Waals surface area contributed by atoms with E-state index in [1.807, 2.05) is 0 Å². The van der Waals surface area contributed by atoms with Crippen LogP contribution in [0.4, 0.5) is 0 Å². The predicted octanol–water partition coefficient (Wildman–Crippen LogP) is 4.07. The monoisotopic (exact) mass is 390 g/mol. The summed E-state index contributed by atoms with van der Waals surface area (Å²) in [7, 11) is 0. The highest BCUT2D eigenvalue weighted by molar-refractivity contribution is 5.83. The van der Waals surface area contributed by atoms with Gasteiger partial charge in [0.2, 0.25) is 0 Å². The first-order valence-electron chi connectivity index (χ1n) is 11.0. The molecule has 4 fully saturated rings. The standard InChI is InChI=1S/C23H34O5/c1-13(24)27-16-7-9-22(3)15(11-16)12-19(26)21-17-5-6-20(28-14(2)25)23(17,4)10-8-18(21)22/h15-18,20-21H,5-12H2,1-4H3/t15?,16?,17?,18?,20?,21?,22-,23-/m0/s1. The number of ketones is 1. The van der Waals surface area contributed by atoms with Crippen LogP contribution in [0.1, 0.15) is 79.1 Å². The first-order chi connectivity index (χ1) is 13.1. The van der Waals surface area contributed by atoms with Gasteiger partial charge >= 0.3 is 11.9 Å². The molecule has 4 aliphatic rings. The molecule has 4 saturated carbocycles. The van der Waals surface area contributed by atoms with Gasteiger partial charge in [0, 0.05) is 31.6 Å². The molecule has 0 bridgehead atoms. The van der Waals surface area contributed by atoms with E-state index in [4.69, 9.17) is 9.47 Å². The average molecular weight is 391 g/mol. The molecule has 0 aromatic carbocycles. The van der Waals surface area contributed by atoms with E-state index in [1.165, 1.54) is 13.8 Å². The summed E-state index contributed by atoms with van der Waals surface area (Å²) in [6, 6.07) is 0. The highest BCUT2D eigenvalue weighted by Crippen LogP contribution is 2.65. The Morgan fingerprint density at radius 2 is 1.54 bits per heavy atom. The number of ether oxygens (including phenoxy) is 2. The first-order valence-corrected chi connectivity index (χ1v) is 11.0. The van der Waals surface area contributed by atoms with Crippen LogP contribution < -0.4 is 0 Å². The number of fused-ring (bicyclic) bond motifs is 5. The van der Waals surface area contributed by atoms with Gasteiger partial charge in [-0.2, -0.15) is 0 Å². The molecule has 8 atom stereocenters. The summed E-state index contributed by atoms with van der Waals surface area (Å²) in [5.41, 5.74) is 0.0801. The lowest BCUT2D eigenvalue weighted by Crippen LogP contribution is -2.58. The SMILES string of the molecule is CC(=O)OC1CC[C@@]2(C)C(CC(=O)C3C2CC[C@]2(C)C(OC(C)=O)CCC32)C1. The third-order valence-electron chi connectivity index (χ3n) is 8.98. The molecule has 0 saturated heterocycles. The lowest BCUT2D eigenvalue weighted by atomic mass is 9.45. The molecule has 0 aromatic heterocycles. The minimum absolute atomic E-state index is 0.0337. The average Bonchev–Trinajstić information content (AvgIpc) is 2.92. The summed E-state index contributed by atoms with van der Waals surface area (Å²) in [6.45, 7) is 7.58. The number of Topliss-reactive ketones (excluding diaryl/α,β-unsaturated/α-hetero) is 1. The second kappa shape index (κ2) is 6.84. The maximum Gasteiger partial charge on any atom is 0.302 e. The van der Waals surface area contributed by atoms with Crippen molar-refractivity contribution >= 4 is 17.7 Å². The highest BCUT2D eigenvalue weighted by atomic mass is 16.5. The second-order valence-electron chi connectivity index (χ2n) is 10.3. The Balaban J connectivity index is 1.57. The third-order valence-corrected chi connectivity index (χ3v) is 8.98. The van der Waals surface area contributed by atoms with E-state index in [9.17, 15) is 14.4 Å². The normalized spacial score (nSPS) is 47.5. The molecule has 6 unspecified atom stereocenters. The van der Waals surface area contributed by atoms with Crippen molar-refractivity contribution in [1.29, 1.82) is 0 Å². The van der Waals surface area contributed by atoms with Gasteiger partial charge in [-0.1, -0.05) is 13.8 Å². The molecule has 5 heteroatoms. The third kappa shape index (κ3) is 3.00. The van der Waals surface area contributed by atoms with Crippen LogP contribution in [0.15, 0.2) is 0 Å². The van der Waals surface area contributed by atoms with E-state index in [0.29, 0.717) is 30.0 Å². The molecule has 0 N–H and O–H groups in total. The molecular formula is C23H34O5. The first kappa shape index (κ1) is 19.9. The number of hydrogen-bond donors (Lipinski definition) is 0. The molecule has 0 heterocycles. The summed E-state index contributed by atoms with van der Waals surface area (Å²) >= 11 is 0. The fourth-order valence-electron chi connectivity index (χ4n) is 7.58. The van der Waals surface area contributed by atoms with E-state index >= 15 is 0 Å². The predicted molar refractivity (Wildman–Crippen MR) is 103 cm³/mol. The van der Waals surface area contributed by atoms with Crippen molar-refractivity contribution in [3.05, 3.63) is 0 Å². The van der Waals surface area contributed by atoms with Crippen molar-refractivity contribution in [2.24, 2.45) is 34.5 Å². The van der Waals surface area contributed by atoms with Gasteiger partial charge < -0.3 is 9.47 Å². The van der Waals surface area contributed by atoms with E-state index in [1.54, 1.807) is 0 Å². The number of carbonyl (C=O) groups is 3. The van der Waals surface area contributed by atoms with Crippen molar-refractivity contribution in [1.82, 2.24) is 0 Å². The van der Waals surface area contributed by atoms with Crippen molar-refractivity contribution < 1.29 is 23.9 Å². The minimum Gasteiger partial charge on any atom is -0.463 e. The Hall–Kier alpha value is -1.39. The molecule has 0 radical (unpaired) electrons. The highest BCUT2D eigenvalue weighted by Gasteiger charge is 2.63. The Morgan fingerprint density at radius 1 is 0.893 bits per heavy atom. The topological polar surface area (TPSA) is 69.7 Å².